The van der Waals surface area contributed by atoms with Crippen LogP contribution < -0.4 is 0 Å². The number of nitrogens with zero attached hydrogens (tertiary/aromatic N) is 3. The van der Waals surface area contributed by atoms with Crippen molar-refractivity contribution in [3.63, 3.8) is 0 Å². The maximum Gasteiger partial charge on any atom is 0.246 e. The largest absolute Gasteiger partial charge is 0.335 e. The van der Waals surface area contributed by atoms with Crippen LogP contribution in [0.5, 0.6) is 0 Å². The Balaban J connectivity index is 1.77. The topological polar surface area (TPSA) is 78.0 Å². The molecule has 0 N–H and O–H groups in total. The van der Waals surface area contributed by atoms with E-state index in [2.05, 4.69) is 0 Å². The van der Waals surface area contributed by atoms with Crippen LogP contribution in [0.4, 0.5) is 0 Å². The SMILES string of the molecule is CN1CC(=O)N2CCN(S(=O)(=O)/C=C/c3ccccc3)C[C@H]2C1=O. The zero-order valence-electron chi connectivity index (χ0n) is 13.3. The number of piperazine rings is 2. The minimum Gasteiger partial charge on any atom is -0.335 e. The summed E-state index contributed by atoms with van der Waals surface area (Å²) in [6.07, 6.45) is 1.53. The van der Waals surface area contributed by atoms with Crippen molar-refractivity contribution < 1.29 is 18.0 Å². The molecular formula is C16H19N3O4S. The Bertz CT molecular complexity index is 776. The molecule has 2 fully saturated rings. The predicted molar refractivity (Wildman–Crippen MR) is 89.1 cm³/mol. The van der Waals surface area contributed by atoms with Crippen LogP contribution in [-0.2, 0) is 19.6 Å². The van der Waals surface area contributed by atoms with E-state index < -0.39 is 16.1 Å². The Morgan fingerprint density at radius 3 is 2.54 bits per heavy atom. The first kappa shape index (κ1) is 16.7. The van der Waals surface area contributed by atoms with Gasteiger partial charge < -0.3 is 9.80 Å². The second kappa shape index (κ2) is 6.37. The summed E-state index contributed by atoms with van der Waals surface area (Å²) in [5.74, 6) is -0.361. The molecule has 0 aromatic heterocycles. The number of hydrogen-bond donors (Lipinski definition) is 0. The molecule has 0 spiro atoms. The summed E-state index contributed by atoms with van der Waals surface area (Å²) in [5, 5.41) is 1.15. The predicted octanol–water partition coefficient (Wildman–Crippen LogP) is -0.0281. The molecule has 2 amide bonds. The average Bonchev–Trinajstić information content (AvgIpc) is 2.58. The van der Waals surface area contributed by atoms with E-state index in [1.165, 1.54) is 20.2 Å². The third kappa shape index (κ3) is 3.20. The van der Waals surface area contributed by atoms with E-state index in [0.29, 0.717) is 0 Å². The molecule has 1 aromatic carbocycles. The van der Waals surface area contributed by atoms with Gasteiger partial charge in [0.2, 0.25) is 21.8 Å². The van der Waals surface area contributed by atoms with Crippen molar-refractivity contribution in [1.82, 2.24) is 14.1 Å². The van der Waals surface area contributed by atoms with Crippen LogP contribution >= 0.6 is 0 Å². The van der Waals surface area contributed by atoms with Crippen molar-refractivity contribution in [2.24, 2.45) is 0 Å². The third-order valence-electron chi connectivity index (χ3n) is 4.29. The number of likely N-dealkylation sites (N-methyl/N-ethyl adjacent to an activating group) is 1. The summed E-state index contributed by atoms with van der Waals surface area (Å²) < 4.78 is 26.3. The number of sulfonamides is 1. The monoisotopic (exact) mass is 349 g/mol. The minimum atomic E-state index is -3.65. The molecule has 2 aliphatic heterocycles. The molecule has 0 unspecified atom stereocenters. The van der Waals surface area contributed by atoms with Gasteiger partial charge in [-0.2, -0.15) is 4.31 Å². The lowest BCUT2D eigenvalue weighted by atomic mass is 10.1. The average molecular weight is 349 g/mol. The fourth-order valence-electron chi connectivity index (χ4n) is 2.94. The number of benzene rings is 1. The number of carbonyl (C=O) groups excluding carboxylic acids is 2. The van der Waals surface area contributed by atoms with Gasteiger partial charge in [0, 0.05) is 32.1 Å². The van der Waals surface area contributed by atoms with E-state index in [0.717, 1.165) is 11.0 Å². The van der Waals surface area contributed by atoms with Crippen molar-refractivity contribution in [3.05, 3.63) is 41.3 Å². The Morgan fingerprint density at radius 1 is 1.12 bits per heavy atom. The summed E-state index contributed by atoms with van der Waals surface area (Å²) in [7, 11) is -2.09. The summed E-state index contributed by atoms with van der Waals surface area (Å²) >= 11 is 0. The van der Waals surface area contributed by atoms with Crippen LogP contribution in [-0.4, -0.2) is 73.6 Å². The Kier molecular flexibility index (Phi) is 4.42. The summed E-state index contributed by atoms with van der Waals surface area (Å²) in [4.78, 5) is 27.1. The van der Waals surface area contributed by atoms with Crippen LogP contribution in [0.1, 0.15) is 5.56 Å². The highest BCUT2D eigenvalue weighted by Crippen LogP contribution is 2.20. The highest BCUT2D eigenvalue weighted by molar-refractivity contribution is 7.92. The summed E-state index contributed by atoms with van der Waals surface area (Å²) in [6, 6.07) is 8.39. The molecule has 0 aliphatic carbocycles. The van der Waals surface area contributed by atoms with E-state index >= 15 is 0 Å². The van der Waals surface area contributed by atoms with Gasteiger partial charge in [0.25, 0.3) is 0 Å². The first-order chi connectivity index (χ1) is 11.4. The van der Waals surface area contributed by atoms with Gasteiger partial charge in [-0.25, -0.2) is 8.42 Å². The lowest BCUT2D eigenvalue weighted by Crippen LogP contribution is -2.66. The molecule has 24 heavy (non-hydrogen) atoms. The molecule has 1 aromatic rings. The first-order valence-corrected chi connectivity index (χ1v) is 9.16. The van der Waals surface area contributed by atoms with E-state index in [1.54, 1.807) is 7.05 Å². The molecule has 3 rings (SSSR count). The maximum absolute atomic E-state index is 12.5. The Labute approximate surface area is 141 Å². The molecule has 2 saturated heterocycles. The third-order valence-corrected chi connectivity index (χ3v) is 5.82. The van der Waals surface area contributed by atoms with Gasteiger partial charge >= 0.3 is 0 Å². The second-order valence-corrected chi connectivity index (χ2v) is 7.73. The van der Waals surface area contributed by atoms with E-state index in [4.69, 9.17) is 0 Å². The standard InChI is InChI=1S/C16H19N3O4S/c1-17-12-15(20)19-9-8-18(11-14(19)16(17)21)24(22,23)10-7-13-5-3-2-4-6-13/h2-7,10,14H,8-9,11-12H2,1H3/b10-7+/t14-/m0/s1. The molecule has 2 heterocycles. The second-order valence-electron chi connectivity index (χ2n) is 5.91. The zero-order chi connectivity index (χ0) is 17.3. The lowest BCUT2D eigenvalue weighted by molar-refractivity contribution is -0.156. The molecule has 8 heteroatoms. The van der Waals surface area contributed by atoms with Crippen molar-refractivity contribution >= 4 is 27.9 Å². The number of amides is 2. The Hall–Kier alpha value is -2.19. The lowest BCUT2D eigenvalue weighted by Gasteiger charge is -2.44. The maximum atomic E-state index is 12.5. The fourth-order valence-corrected chi connectivity index (χ4v) is 4.13. The summed E-state index contributed by atoms with van der Waals surface area (Å²) in [5.41, 5.74) is 0.781. The van der Waals surface area contributed by atoms with Gasteiger partial charge in [-0.3, -0.25) is 9.59 Å². The number of rotatable bonds is 3. The molecule has 0 radical (unpaired) electrons. The molecule has 128 valence electrons. The van der Waals surface area contributed by atoms with Gasteiger partial charge in [0.1, 0.15) is 6.04 Å². The zero-order valence-corrected chi connectivity index (χ0v) is 14.1. The highest BCUT2D eigenvalue weighted by atomic mass is 32.2. The van der Waals surface area contributed by atoms with Gasteiger partial charge in [-0.15, -0.1) is 0 Å². The number of fused-ring (bicyclic) bond motifs is 1. The molecule has 2 aliphatic rings. The van der Waals surface area contributed by atoms with Gasteiger partial charge in [-0.1, -0.05) is 30.3 Å². The number of hydrogen-bond acceptors (Lipinski definition) is 4. The van der Waals surface area contributed by atoms with Crippen molar-refractivity contribution in [2.45, 2.75) is 6.04 Å². The molecule has 0 bridgehead atoms. The smallest absolute Gasteiger partial charge is 0.246 e. The van der Waals surface area contributed by atoms with Crippen LogP contribution in [0, 0.1) is 0 Å². The molecule has 0 saturated carbocycles. The van der Waals surface area contributed by atoms with Gasteiger partial charge in [0.05, 0.1) is 6.54 Å². The van der Waals surface area contributed by atoms with Crippen LogP contribution in [0.15, 0.2) is 35.7 Å². The van der Waals surface area contributed by atoms with Crippen LogP contribution in [0.25, 0.3) is 6.08 Å². The molecule has 7 nitrogen and oxygen atoms in total. The first-order valence-electron chi connectivity index (χ1n) is 7.66. The highest BCUT2D eigenvalue weighted by Gasteiger charge is 2.43. The summed E-state index contributed by atoms with van der Waals surface area (Å²) in [6.45, 7) is 0.481. The van der Waals surface area contributed by atoms with E-state index in [9.17, 15) is 18.0 Å². The molecule has 1 atom stereocenters. The van der Waals surface area contributed by atoms with E-state index in [-0.39, 0.29) is 38.0 Å². The quantitative estimate of drug-likeness (QED) is 0.768. The Morgan fingerprint density at radius 2 is 1.83 bits per heavy atom. The number of carbonyl (C=O) groups is 2. The fraction of sp³-hybridized carbons (Fsp3) is 0.375. The van der Waals surface area contributed by atoms with Gasteiger partial charge in [-0.05, 0) is 11.6 Å². The van der Waals surface area contributed by atoms with E-state index in [1.807, 2.05) is 30.3 Å². The normalized spacial score (nSPS) is 23.0. The minimum absolute atomic E-state index is 0.00359. The van der Waals surface area contributed by atoms with Gasteiger partial charge in [0.15, 0.2) is 0 Å². The van der Waals surface area contributed by atoms with Crippen LogP contribution in [0.3, 0.4) is 0 Å². The van der Waals surface area contributed by atoms with Crippen molar-refractivity contribution in [2.75, 3.05) is 33.2 Å². The van der Waals surface area contributed by atoms with Crippen LogP contribution in [0.2, 0.25) is 0 Å². The van der Waals surface area contributed by atoms with Crippen molar-refractivity contribution in [1.29, 1.82) is 0 Å². The van der Waals surface area contributed by atoms with Crippen molar-refractivity contribution in [3.8, 4) is 0 Å². The molecular weight excluding hydrogens is 330 g/mol.